The predicted octanol–water partition coefficient (Wildman–Crippen LogP) is -0.0669. The quantitative estimate of drug-likeness (QED) is 0.708. The number of fused-ring (bicyclic) bond motifs is 1. The number of halogens is 1. The van der Waals surface area contributed by atoms with Crippen molar-refractivity contribution >= 4 is 16.9 Å². The van der Waals surface area contributed by atoms with Crippen molar-refractivity contribution in [3.63, 3.8) is 0 Å². The molecule has 0 saturated carbocycles. The molecule has 0 bridgehead atoms. The van der Waals surface area contributed by atoms with Gasteiger partial charge in [0.2, 0.25) is 0 Å². The van der Waals surface area contributed by atoms with Crippen molar-refractivity contribution in [3.8, 4) is 6.07 Å². The van der Waals surface area contributed by atoms with Crippen LogP contribution >= 0.6 is 0 Å². The van der Waals surface area contributed by atoms with Crippen LogP contribution in [0.25, 0.3) is 11.0 Å². The Labute approximate surface area is 124 Å². The molecule has 0 aliphatic carbocycles. The summed E-state index contributed by atoms with van der Waals surface area (Å²) in [5.74, 6) is -0.684. The molecule has 0 unspecified atom stereocenters. The summed E-state index contributed by atoms with van der Waals surface area (Å²) in [7, 11) is 0. The molecule has 8 nitrogen and oxygen atoms in total. The normalized spacial score (nSPS) is 31.5. The van der Waals surface area contributed by atoms with Gasteiger partial charge in [-0.15, -0.1) is 0 Å². The van der Waals surface area contributed by atoms with E-state index in [1.807, 2.05) is 6.07 Å². The van der Waals surface area contributed by atoms with Crippen LogP contribution in [0.4, 0.5) is 10.2 Å². The minimum Gasteiger partial charge on any atom is -0.394 e. The first kappa shape index (κ1) is 14.6. The number of anilines is 1. The topological polar surface area (TPSA) is 130 Å². The molecule has 4 N–H and O–H groups in total. The highest BCUT2D eigenvalue weighted by Gasteiger charge is 2.54. The maximum Gasteiger partial charge on any atom is 0.157 e. The number of nitrogens with two attached hydrogens (primary N) is 1. The number of nitrogen functional groups attached to an aromatic ring is 1. The van der Waals surface area contributed by atoms with Crippen molar-refractivity contribution in [1.29, 1.82) is 5.26 Å². The van der Waals surface area contributed by atoms with E-state index in [1.165, 1.54) is 17.8 Å². The van der Waals surface area contributed by atoms with Crippen molar-refractivity contribution in [2.75, 3.05) is 12.3 Å². The van der Waals surface area contributed by atoms with Gasteiger partial charge >= 0.3 is 0 Å². The van der Waals surface area contributed by atoms with E-state index in [4.69, 9.17) is 10.5 Å². The van der Waals surface area contributed by atoms with Crippen molar-refractivity contribution in [2.24, 2.45) is 5.41 Å². The Morgan fingerprint density at radius 2 is 2.32 bits per heavy atom. The van der Waals surface area contributed by atoms with Gasteiger partial charge in [-0.05, 0) is 6.92 Å². The van der Waals surface area contributed by atoms with Crippen LogP contribution in [0.15, 0.2) is 12.5 Å². The van der Waals surface area contributed by atoms with Gasteiger partial charge in [0.1, 0.15) is 29.8 Å². The Morgan fingerprint density at radius 3 is 2.95 bits per heavy atom. The predicted molar refractivity (Wildman–Crippen MR) is 72.6 cm³/mol. The molecule has 3 rings (SSSR count). The van der Waals surface area contributed by atoms with Gasteiger partial charge in [0.05, 0.1) is 18.1 Å². The highest BCUT2D eigenvalue weighted by molar-refractivity contribution is 5.86. The van der Waals surface area contributed by atoms with Gasteiger partial charge in [-0.25, -0.2) is 14.4 Å². The second-order valence-corrected chi connectivity index (χ2v) is 5.39. The Kier molecular flexibility index (Phi) is 3.25. The van der Waals surface area contributed by atoms with Gasteiger partial charge < -0.3 is 25.3 Å². The molecule has 4 atom stereocenters. The van der Waals surface area contributed by atoms with Crippen molar-refractivity contribution in [1.82, 2.24) is 14.5 Å². The van der Waals surface area contributed by atoms with Crippen LogP contribution in [0, 0.1) is 22.6 Å². The first-order valence-corrected chi connectivity index (χ1v) is 6.56. The number of ether oxygens (including phenoxy) is 1. The fraction of sp³-hybridized carbons (Fsp3) is 0.462. The largest absolute Gasteiger partial charge is 0.394 e. The lowest BCUT2D eigenvalue weighted by Crippen LogP contribution is -2.37. The van der Waals surface area contributed by atoms with Crippen LogP contribution in [0.3, 0.4) is 0 Å². The average molecular weight is 307 g/mol. The second kappa shape index (κ2) is 4.88. The fourth-order valence-corrected chi connectivity index (χ4v) is 2.77. The summed E-state index contributed by atoms with van der Waals surface area (Å²) in [5, 5.41) is 28.9. The Morgan fingerprint density at radius 1 is 1.59 bits per heavy atom. The number of aliphatic hydroxyl groups excluding tert-OH is 2. The van der Waals surface area contributed by atoms with E-state index >= 15 is 0 Å². The van der Waals surface area contributed by atoms with E-state index in [2.05, 4.69) is 9.97 Å². The Balaban J connectivity index is 2.20. The molecule has 0 aromatic carbocycles. The number of nitrogens with zero attached hydrogens (tertiary/aromatic N) is 4. The number of hydrogen-bond acceptors (Lipinski definition) is 7. The maximum absolute atomic E-state index is 14.1. The smallest absolute Gasteiger partial charge is 0.157 e. The van der Waals surface area contributed by atoms with Crippen LogP contribution < -0.4 is 5.73 Å². The van der Waals surface area contributed by atoms with Crippen LogP contribution in [-0.4, -0.2) is 43.6 Å². The lowest BCUT2D eigenvalue weighted by atomic mass is 9.84. The van der Waals surface area contributed by atoms with Crippen molar-refractivity contribution in [2.45, 2.75) is 25.4 Å². The summed E-state index contributed by atoms with van der Waals surface area (Å²) in [5.41, 5.74) is 4.42. The van der Waals surface area contributed by atoms with Crippen LogP contribution in [0.5, 0.6) is 0 Å². The van der Waals surface area contributed by atoms with Gasteiger partial charge in [0.25, 0.3) is 0 Å². The van der Waals surface area contributed by atoms with Crippen LogP contribution in [0.2, 0.25) is 0 Å². The van der Waals surface area contributed by atoms with Gasteiger partial charge in [0.15, 0.2) is 17.7 Å². The molecule has 2 aromatic heterocycles. The SMILES string of the molecule is C[C@@]1(C#N)[C@H](O)[C@@H](CO)O[C@@H]1n1cc(F)c2c(N)ncnc21. The standard InChI is InChI=1S/C13H14FN5O3/c1-13(4-15)9(21)7(3-20)22-12(13)19-2-6(14)8-10(16)17-5-18-11(8)19/h2,5,7,9,12,20-21H,3H2,1H3,(H2,16,17,18)/t7-,9-,12+,13-/m1/s1. The molecule has 1 fully saturated rings. The molecule has 22 heavy (non-hydrogen) atoms. The van der Waals surface area contributed by atoms with Crippen LogP contribution in [0.1, 0.15) is 13.2 Å². The lowest BCUT2D eigenvalue weighted by Gasteiger charge is -2.26. The van der Waals surface area contributed by atoms with E-state index in [-0.39, 0.29) is 16.9 Å². The summed E-state index contributed by atoms with van der Waals surface area (Å²) < 4.78 is 21.0. The number of aliphatic hydroxyl groups is 2. The third-order valence-electron chi connectivity index (χ3n) is 4.05. The Bertz CT molecular complexity index is 773. The molecule has 9 heteroatoms. The highest BCUT2D eigenvalue weighted by atomic mass is 19.1. The van der Waals surface area contributed by atoms with E-state index in [9.17, 15) is 19.9 Å². The molecule has 1 aliphatic heterocycles. The molecule has 2 aromatic rings. The number of hydrogen-bond donors (Lipinski definition) is 3. The molecule has 1 aliphatic rings. The van der Waals surface area contributed by atoms with E-state index in [1.54, 1.807) is 0 Å². The average Bonchev–Trinajstić information content (AvgIpc) is 2.97. The summed E-state index contributed by atoms with van der Waals surface area (Å²) >= 11 is 0. The summed E-state index contributed by atoms with van der Waals surface area (Å²) in [4.78, 5) is 7.71. The zero-order valence-electron chi connectivity index (χ0n) is 11.6. The summed E-state index contributed by atoms with van der Waals surface area (Å²) in [6.07, 6.45) is -0.929. The third kappa shape index (κ3) is 1.78. The molecular formula is C13H14FN5O3. The zero-order chi connectivity index (χ0) is 16.1. The number of rotatable bonds is 2. The third-order valence-corrected chi connectivity index (χ3v) is 4.05. The first-order chi connectivity index (χ1) is 10.4. The fourth-order valence-electron chi connectivity index (χ4n) is 2.77. The molecule has 0 radical (unpaired) electrons. The monoisotopic (exact) mass is 307 g/mol. The second-order valence-electron chi connectivity index (χ2n) is 5.39. The zero-order valence-corrected chi connectivity index (χ0v) is 11.6. The van der Waals surface area contributed by atoms with Crippen LogP contribution in [-0.2, 0) is 4.74 Å². The molecule has 0 amide bonds. The van der Waals surface area contributed by atoms with Gasteiger partial charge in [-0.2, -0.15) is 5.26 Å². The lowest BCUT2D eigenvalue weighted by molar-refractivity contribution is -0.0469. The van der Waals surface area contributed by atoms with E-state index < -0.39 is 36.3 Å². The van der Waals surface area contributed by atoms with Crippen molar-refractivity contribution in [3.05, 3.63) is 18.3 Å². The molecule has 116 valence electrons. The molecule has 1 saturated heterocycles. The molecule has 3 heterocycles. The summed E-state index contributed by atoms with van der Waals surface area (Å²) in [6, 6.07) is 1.99. The number of aromatic nitrogens is 3. The van der Waals surface area contributed by atoms with Crippen molar-refractivity contribution < 1.29 is 19.3 Å². The Hall–Kier alpha value is -2.28. The molecular weight excluding hydrogens is 293 g/mol. The maximum atomic E-state index is 14.1. The highest BCUT2D eigenvalue weighted by Crippen LogP contribution is 2.46. The van der Waals surface area contributed by atoms with Gasteiger partial charge in [-0.1, -0.05) is 0 Å². The summed E-state index contributed by atoms with van der Waals surface area (Å²) in [6.45, 7) is 1.01. The first-order valence-electron chi connectivity index (χ1n) is 6.56. The molecule has 0 spiro atoms. The van der Waals surface area contributed by atoms with Gasteiger partial charge in [0, 0.05) is 6.20 Å². The van der Waals surface area contributed by atoms with Gasteiger partial charge in [-0.3, -0.25) is 0 Å². The van der Waals surface area contributed by atoms with E-state index in [0.29, 0.717) is 0 Å². The van der Waals surface area contributed by atoms with E-state index in [0.717, 1.165) is 6.20 Å². The number of nitriles is 1. The minimum atomic E-state index is -1.38. The minimum absolute atomic E-state index is 0.0216.